The molecule has 0 spiro atoms. The van der Waals surface area contributed by atoms with Crippen LogP contribution in [0.15, 0.2) is 22.8 Å². The van der Waals surface area contributed by atoms with E-state index in [0.717, 1.165) is 0 Å². The second-order valence-electron chi connectivity index (χ2n) is 3.05. The number of furan rings is 1. The van der Waals surface area contributed by atoms with E-state index in [4.69, 9.17) is 4.42 Å². The lowest BCUT2D eigenvalue weighted by molar-refractivity contribution is -0.522. The Hall–Kier alpha value is -1.65. The molecule has 0 aliphatic heterocycles. The predicted octanol–water partition coefficient (Wildman–Crippen LogP) is 1.62. The number of nitro groups is 1. The van der Waals surface area contributed by atoms with Gasteiger partial charge in [0.05, 0.1) is 12.2 Å². The van der Waals surface area contributed by atoms with Crippen LogP contribution in [-0.2, 0) is 4.79 Å². The quantitative estimate of drug-likeness (QED) is 0.408. The fourth-order valence-electron chi connectivity index (χ4n) is 1.30. The second-order valence-corrected chi connectivity index (χ2v) is 3.05. The molecule has 0 aliphatic carbocycles. The Balaban J connectivity index is 2.84. The van der Waals surface area contributed by atoms with Crippen LogP contribution in [0.5, 0.6) is 0 Å². The van der Waals surface area contributed by atoms with E-state index in [1.165, 1.54) is 13.2 Å². The van der Waals surface area contributed by atoms with Crippen LogP contribution in [-0.4, -0.2) is 17.3 Å². The number of hydrogen-bond acceptors (Lipinski definition) is 4. The first kappa shape index (κ1) is 10.4. The largest absolute Gasteiger partial charge is 0.469 e. The maximum atomic E-state index is 10.6. The van der Waals surface area contributed by atoms with E-state index in [-0.39, 0.29) is 6.42 Å². The van der Waals surface area contributed by atoms with Crippen molar-refractivity contribution in [3.8, 4) is 0 Å². The minimum absolute atomic E-state index is 0.107. The lowest BCUT2D eigenvalue weighted by Crippen LogP contribution is -2.24. The fraction of sp³-hybridized carbons (Fsp3) is 0.444. The summed E-state index contributed by atoms with van der Waals surface area (Å²) in [5.74, 6) is 0.0128. The lowest BCUT2D eigenvalue weighted by atomic mass is 9.96. The Morgan fingerprint density at radius 3 is 2.86 bits per heavy atom. The molecule has 5 heteroatoms. The fourth-order valence-corrected chi connectivity index (χ4v) is 1.30. The van der Waals surface area contributed by atoms with Gasteiger partial charge in [-0.05, 0) is 12.1 Å². The highest BCUT2D eigenvalue weighted by atomic mass is 16.6. The highest BCUT2D eigenvalue weighted by Gasteiger charge is 2.29. The van der Waals surface area contributed by atoms with E-state index in [1.807, 2.05) is 0 Å². The summed E-state index contributed by atoms with van der Waals surface area (Å²) in [4.78, 5) is 20.5. The zero-order valence-electron chi connectivity index (χ0n) is 7.75. The van der Waals surface area contributed by atoms with Gasteiger partial charge in [-0.3, -0.25) is 10.1 Å². The van der Waals surface area contributed by atoms with Crippen molar-refractivity contribution in [3.63, 3.8) is 0 Å². The molecular weight excluding hydrogens is 186 g/mol. The zero-order valence-corrected chi connectivity index (χ0v) is 7.75. The van der Waals surface area contributed by atoms with E-state index in [2.05, 4.69) is 0 Å². The molecule has 0 amide bonds. The third-order valence-electron chi connectivity index (χ3n) is 2.17. The normalized spacial score (nSPS) is 14.6. The standard InChI is InChI=1S/C9H11NO4/c1-7(10(12)13)8(4-5-11)9-3-2-6-14-9/h2-3,5-8H,4H2,1H3/t7-,8+/m1/s1. The SMILES string of the molecule is C[C@H]([C@H](CC=O)c1ccco1)[N+](=O)[O-]. The molecule has 0 N–H and O–H groups in total. The van der Waals surface area contributed by atoms with Crippen LogP contribution in [0, 0.1) is 10.1 Å². The molecule has 76 valence electrons. The summed E-state index contributed by atoms with van der Waals surface area (Å²) in [5, 5.41) is 10.6. The molecule has 1 rings (SSSR count). The highest BCUT2D eigenvalue weighted by molar-refractivity contribution is 5.51. The van der Waals surface area contributed by atoms with Gasteiger partial charge in [-0.25, -0.2) is 0 Å². The van der Waals surface area contributed by atoms with Crippen molar-refractivity contribution in [2.24, 2.45) is 0 Å². The van der Waals surface area contributed by atoms with Gasteiger partial charge in [-0.15, -0.1) is 0 Å². The molecule has 0 aromatic carbocycles. The van der Waals surface area contributed by atoms with Gasteiger partial charge in [0.15, 0.2) is 0 Å². The average molecular weight is 197 g/mol. The molecule has 0 aliphatic rings. The number of rotatable bonds is 5. The molecule has 1 aromatic rings. The lowest BCUT2D eigenvalue weighted by Gasteiger charge is -2.12. The summed E-state index contributed by atoms with van der Waals surface area (Å²) < 4.78 is 5.06. The first-order valence-corrected chi connectivity index (χ1v) is 4.27. The molecule has 0 saturated heterocycles. The molecule has 2 atom stereocenters. The van der Waals surface area contributed by atoms with Crippen molar-refractivity contribution in [1.82, 2.24) is 0 Å². The Morgan fingerprint density at radius 1 is 1.71 bits per heavy atom. The van der Waals surface area contributed by atoms with Crippen LogP contribution in [0.2, 0.25) is 0 Å². The van der Waals surface area contributed by atoms with Gasteiger partial charge in [0, 0.05) is 18.3 Å². The molecule has 0 radical (unpaired) electrons. The summed E-state index contributed by atoms with van der Waals surface area (Å²) in [6, 6.07) is 2.49. The van der Waals surface area contributed by atoms with E-state index >= 15 is 0 Å². The van der Waals surface area contributed by atoms with Gasteiger partial charge < -0.3 is 9.21 Å². The van der Waals surface area contributed by atoms with Crippen LogP contribution >= 0.6 is 0 Å². The third-order valence-corrected chi connectivity index (χ3v) is 2.17. The Kier molecular flexibility index (Phi) is 3.39. The van der Waals surface area contributed by atoms with Crippen LogP contribution in [0.4, 0.5) is 0 Å². The van der Waals surface area contributed by atoms with Gasteiger partial charge in [0.25, 0.3) is 0 Å². The summed E-state index contributed by atoms with van der Waals surface area (Å²) >= 11 is 0. The van der Waals surface area contributed by atoms with E-state index in [1.54, 1.807) is 12.1 Å². The van der Waals surface area contributed by atoms with Crippen molar-refractivity contribution < 1.29 is 14.1 Å². The number of carbonyl (C=O) groups is 1. The second kappa shape index (κ2) is 4.55. The van der Waals surface area contributed by atoms with Gasteiger partial charge in [0.2, 0.25) is 6.04 Å². The summed E-state index contributed by atoms with van der Waals surface area (Å²) in [7, 11) is 0. The monoisotopic (exact) mass is 197 g/mol. The van der Waals surface area contributed by atoms with Crippen molar-refractivity contribution in [3.05, 3.63) is 34.3 Å². The molecule has 0 saturated carbocycles. The highest BCUT2D eigenvalue weighted by Crippen LogP contribution is 2.24. The van der Waals surface area contributed by atoms with Gasteiger partial charge in [-0.1, -0.05) is 0 Å². The number of nitrogens with zero attached hydrogens (tertiary/aromatic N) is 1. The van der Waals surface area contributed by atoms with Gasteiger partial charge in [0.1, 0.15) is 12.0 Å². The number of carbonyl (C=O) groups excluding carboxylic acids is 1. The summed E-state index contributed by atoms with van der Waals surface area (Å²) in [6.45, 7) is 1.47. The zero-order chi connectivity index (χ0) is 10.6. The molecule has 0 bridgehead atoms. The molecule has 1 heterocycles. The van der Waals surface area contributed by atoms with Crippen LogP contribution < -0.4 is 0 Å². The van der Waals surface area contributed by atoms with E-state index in [0.29, 0.717) is 12.0 Å². The Labute approximate surface area is 80.9 Å². The molecule has 0 unspecified atom stereocenters. The van der Waals surface area contributed by atoms with Gasteiger partial charge in [-0.2, -0.15) is 0 Å². The number of hydrogen-bond donors (Lipinski definition) is 0. The molecular formula is C9H11NO4. The molecule has 0 fully saturated rings. The van der Waals surface area contributed by atoms with Crippen molar-refractivity contribution in [2.75, 3.05) is 0 Å². The summed E-state index contributed by atoms with van der Waals surface area (Å²) in [6.07, 6.45) is 2.22. The third kappa shape index (κ3) is 2.18. The first-order chi connectivity index (χ1) is 6.66. The number of aldehydes is 1. The smallest absolute Gasteiger partial charge is 0.220 e. The van der Waals surface area contributed by atoms with Crippen molar-refractivity contribution in [1.29, 1.82) is 0 Å². The van der Waals surface area contributed by atoms with E-state index < -0.39 is 16.9 Å². The summed E-state index contributed by atoms with van der Waals surface area (Å²) in [5.41, 5.74) is 0. The van der Waals surface area contributed by atoms with Crippen LogP contribution in [0.25, 0.3) is 0 Å². The minimum Gasteiger partial charge on any atom is -0.469 e. The molecule has 14 heavy (non-hydrogen) atoms. The predicted molar refractivity (Wildman–Crippen MR) is 48.6 cm³/mol. The topological polar surface area (TPSA) is 73.3 Å². The molecule has 1 aromatic heterocycles. The van der Waals surface area contributed by atoms with Gasteiger partial charge >= 0.3 is 0 Å². The maximum Gasteiger partial charge on any atom is 0.220 e. The van der Waals surface area contributed by atoms with Crippen molar-refractivity contribution in [2.45, 2.75) is 25.3 Å². The van der Waals surface area contributed by atoms with Crippen LogP contribution in [0.3, 0.4) is 0 Å². The molecule has 5 nitrogen and oxygen atoms in total. The Morgan fingerprint density at radius 2 is 2.43 bits per heavy atom. The first-order valence-electron chi connectivity index (χ1n) is 4.27. The van der Waals surface area contributed by atoms with Crippen LogP contribution in [0.1, 0.15) is 25.0 Å². The minimum atomic E-state index is -0.814. The maximum absolute atomic E-state index is 10.6. The average Bonchev–Trinajstić information content (AvgIpc) is 2.65. The van der Waals surface area contributed by atoms with E-state index in [9.17, 15) is 14.9 Å². The Bertz CT molecular complexity index is 307. The van der Waals surface area contributed by atoms with Crippen molar-refractivity contribution >= 4 is 6.29 Å².